The lowest BCUT2D eigenvalue weighted by atomic mass is 10.1. The third-order valence-corrected chi connectivity index (χ3v) is 4.62. The molecule has 0 bridgehead atoms. The van der Waals surface area contributed by atoms with Gasteiger partial charge in [0.05, 0.1) is 17.2 Å². The van der Waals surface area contributed by atoms with Gasteiger partial charge in [-0.25, -0.2) is 0 Å². The van der Waals surface area contributed by atoms with Crippen LogP contribution in [0, 0.1) is 0 Å². The van der Waals surface area contributed by atoms with Crippen molar-refractivity contribution < 1.29 is 14.3 Å². The highest BCUT2D eigenvalue weighted by Gasteiger charge is 2.35. The molecule has 6 nitrogen and oxygen atoms in total. The summed E-state index contributed by atoms with van der Waals surface area (Å²) in [6.07, 6.45) is 1.43. The number of carbonyl (C=O) groups excluding carboxylic acids is 2. The molecule has 1 unspecified atom stereocenters. The first kappa shape index (κ1) is 23.0. The zero-order chi connectivity index (χ0) is 18.2. The third kappa shape index (κ3) is 6.28. The zero-order valence-corrected chi connectivity index (χ0v) is 16.9. The van der Waals surface area contributed by atoms with Gasteiger partial charge in [0.1, 0.15) is 6.04 Å². The number of amides is 2. The van der Waals surface area contributed by atoms with Crippen molar-refractivity contribution in [1.29, 1.82) is 0 Å². The van der Waals surface area contributed by atoms with Gasteiger partial charge >= 0.3 is 0 Å². The lowest BCUT2D eigenvalue weighted by Gasteiger charge is -2.24. The Morgan fingerprint density at radius 3 is 2.77 bits per heavy atom. The van der Waals surface area contributed by atoms with E-state index in [-0.39, 0.29) is 24.2 Å². The van der Waals surface area contributed by atoms with Crippen molar-refractivity contribution in [2.75, 3.05) is 39.9 Å². The molecule has 2 N–H and O–H groups in total. The maximum absolute atomic E-state index is 12.8. The first-order chi connectivity index (χ1) is 12.0. The number of nitrogens with one attached hydrogen (secondary N) is 2. The number of ether oxygens (including phenoxy) is 1. The molecule has 26 heavy (non-hydrogen) atoms. The van der Waals surface area contributed by atoms with Crippen molar-refractivity contribution in [3.8, 4) is 0 Å². The lowest BCUT2D eigenvalue weighted by Crippen LogP contribution is -2.47. The Balaban J connectivity index is 0.00000338. The quantitative estimate of drug-likeness (QED) is 0.629. The lowest BCUT2D eigenvalue weighted by molar-refractivity contribution is -0.124. The minimum absolute atomic E-state index is 0. The average molecular weight is 425 g/mol. The summed E-state index contributed by atoms with van der Waals surface area (Å²) in [6, 6.07) is 4.29. The van der Waals surface area contributed by atoms with E-state index in [0.29, 0.717) is 48.3 Å². The summed E-state index contributed by atoms with van der Waals surface area (Å²) < 4.78 is 4.94. The van der Waals surface area contributed by atoms with Crippen molar-refractivity contribution in [1.82, 2.24) is 15.5 Å². The predicted molar refractivity (Wildman–Crippen MR) is 106 cm³/mol. The summed E-state index contributed by atoms with van der Waals surface area (Å²) in [6.45, 7) is 3.04. The fraction of sp³-hybridized carbons (Fsp3) is 0.529. The van der Waals surface area contributed by atoms with Crippen LogP contribution in [-0.4, -0.2) is 62.7 Å². The van der Waals surface area contributed by atoms with Crippen LogP contribution in [0.3, 0.4) is 0 Å². The van der Waals surface area contributed by atoms with Crippen LogP contribution in [0.25, 0.3) is 0 Å². The number of hydrogen-bond acceptors (Lipinski definition) is 4. The number of rotatable bonds is 8. The van der Waals surface area contributed by atoms with E-state index in [1.165, 1.54) is 0 Å². The van der Waals surface area contributed by atoms with Crippen molar-refractivity contribution in [2.45, 2.75) is 18.9 Å². The molecule has 1 fully saturated rings. The fourth-order valence-corrected chi connectivity index (χ4v) is 3.16. The smallest absolute Gasteiger partial charge is 0.256 e. The Labute approximate surface area is 169 Å². The number of likely N-dealkylation sites (tertiary alicyclic amines) is 1. The Morgan fingerprint density at radius 1 is 1.27 bits per heavy atom. The van der Waals surface area contributed by atoms with E-state index >= 15 is 0 Å². The first-order valence-corrected chi connectivity index (χ1v) is 9.03. The molecule has 0 saturated carbocycles. The molecule has 1 aliphatic heterocycles. The Bertz CT molecular complexity index is 616. The van der Waals surface area contributed by atoms with Crippen LogP contribution in [-0.2, 0) is 9.53 Å². The minimum atomic E-state index is -0.471. The number of methoxy groups -OCH3 is 1. The Hall–Kier alpha value is -1.05. The van der Waals surface area contributed by atoms with E-state index in [9.17, 15) is 9.59 Å². The van der Waals surface area contributed by atoms with Gasteiger partial charge < -0.3 is 20.3 Å². The standard InChI is InChI=1S/C17H23Cl2N3O3.ClH/c1-25-10-8-20-6-7-21-16(23)15-3-2-9-22(15)17(24)13-11-12(18)4-5-14(13)19;/h4-5,11,15,20H,2-3,6-10H2,1H3,(H,21,23);1H. The number of carbonyl (C=O) groups is 2. The number of halogens is 3. The monoisotopic (exact) mass is 423 g/mol. The van der Waals surface area contributed by atoms with Crippen molar-refractivity contribution in [3.63, 3.8) is 0 Å². The SMILES string of the molecule is COCCNCCNC(=O)C1CCCN1C(=O)c1cc(Cl)ccc1Cl.Cl. The fourth-order valence-electron chi connectivity index (χ4n) is 2.79. The molecule has 1 atom stereocenters. The minimum Gasteiger partial charge on any atom is -0.383 e. The highest BCUT2D eigenvalue weighted by Crippen LogP contribution is 2.26. The molecule has 0 radical (unpaired) electrons. The van der Waals surface area contributed by atoms with E-state index in [1.54, 1.807) is 30.2 Å². The van der Waals surface area contributed by atoms with E-state index in [1.807, 2.05) is 0 Å². The van der Waals surface area contributed by atoms with Gasteiger partial charge in [0.25, 0.3) is 5.91 Å². The largest absolute Gasteiger partial charge is 0.383 e. The molecule has 2 rings (SSSR count). The third-order valence-electron chi connectivity index (χ3n) is 4.06. The van der Waals surface area contributed by atoms with Crippen LogP contribution in [0.2, 0.25) is 10.0 Å². The van der Waals surface area contributed by atoms with Gasteiger partial charge in [-0.1, -0.05) is 23.2 Å². The molecule has 2 amide bonds. The first-order valence-electron chi connectivity index (χ1n) is 8.28. The predicted octanol–water partition coefficient (Wildman–Crippen LogP) is 2.37. The second kappa shape index (κ2) is 11.6. The molecule has 0 spiro atoms. The average Bonchev–Trinajstić information content (AvgIpc) is 3.09. The maximum Gasteiger partial charge on any atom is 0.256 e. The molecular formula is C17H24Cl3N3O3. The summed E-state index contributed by atoms with van der Waals surface area (Å²) in [5, 5.41) is 6.80. The Morgan fingerprint density at radius 2 is 2.04 bits per heavy atom. The van der Waals surface area contributed by atoms with Crippen molar-refractivity contribution in [2.24, 2.45) is 0 Å². The second-order valence-electron chi connectivity index (χ2n) is 5.81. The molecule has 0 aromatic heterocycles. The van der Waals surface area contributed by atoms with Gasteiger partial charge in [0.15, 0.2) is 0 Å². The van der Waals surface area contributed by atoms with E-state index < -0.39 is 6.04 Å². The summed E-state index contributed by atoms with van der Waals surface area (Å²) in [5.41, 5.74) is 0.329. The molecule has 9 heteroatoms. The van der Waals surface area contributed by atoms with Crippen LogP contribution in [0.5, 0.6) is 0 Å². The molecule has 0 aliphatic carbocycles. The summed E-state index contributed by atoms with van der Waals surface area (Å²) in [4.78, 5) is 26.8. The van der Waals surface area contributed by atoms with Gasteiger partial charge in [-0.2, -0.15) is 0 Å². The van der Waals surface area contributed by atoms with Gasteiger partial charge in [0.2, 0.25) is 5.91 Å². The highest BCUT2D eigenvalue weighted by molar-refractivity contribution is 6.35. The van der Waals surface area contributed by atoms with Crippen LogP contribution in [0.4, 0.5) is 0 Å². The van der Waals surface area contributed by atoms with Crippen LogP contribution in [0.15, 0.2) is 18.2 Å². The maximum atomic E-state index is 12.8. The summed E-state index contributed by atoms with van der Waals surface area (Å²) in [5.74, 6) is -0.402. The highest BCUT2D eigenvalue weighted by atomic mass is 35.5. The topological polar surface area (TPSA) is 70.7 Å². The van der Waals surface area contributed by atoms with Crippen LogP contribution in [0.1, 0.15) is 23.2 Å². The van der Waals surface area contributed by atoms with Crippen molar-refractivity contribution >= 4 is 47.4 Å². The normalized spacial score (nSPS) is 16.3. The second-order valence-corrected chi connectivity index (χ2v) is 6.66. The van der Waals surface area contributed by atoms with Crippen molar-refractivity contribution in [3.05, 3.63) is 33.8 Å². The van der Waals surface area contributed by atoms with E-state index in [2.05, 4.69) is 10.6 Å². The zero-order valence-electron chi connectivity index (χ0n) is 14.6. The van der Waals surface area contributed by atoms with Crippen LogP contribution >= 0.6 is 35.6 Å². The molecule has 1 saturated heterocycles. The number of nitrogens with zero attached hydrogens (tertiary/aromatic N) is 1. The summed E-state index contributed by atoms with van der Waals surface area (Å²) in [7, 11) is 1.64. The molecule has 1 aromatic rings. The summed E-state index contributed by atoms with van der Waals surface area (Å²) >= 11 is 12.1. The van der Waals surface area contributed by atoms with Gasteiger partial charge in [-0.05, 0) is 31.0 Å². The van der Waals surface area contributed by atoms with E-state index in [0.717, 1.165) is 13.0 Å². The number of hydrogen-bond donors (Lipinski definition) is 2. The Kier molecular flexibility index (Phi) is 10.3. The number of benzene rings is 1. The molecule has 1 heterocycles. The van der Waals surface area contributed by atoms with Gasteiger partial charge in [0, 0.05) is 38.3 Å². The van der Waals surface area contributed by atoms with Crippen LogP contribution < -0.4 is 10.6 Å². The molecular weight excluding hydrogens is 401 g/mol. The van der Waals surface area contributed by atoms with E-state index in [4.69, 9.17) is 27.9 Å². The van der Waals surface area contributed by atoms with Gasteiger partial charge in [-0.15, -0.1) is 12.4 Å². The molecule has 146 valence electrons. The molecule has 1 aromatic carbocycles. The van der Waals surface area contributed by atoms with Gasteiger partial charge in [-0.3, -0.25) is 9.59 Å². The molecule has 1 aliphatic rings.